The maximum absolute atomic E-state index is 14.8. The van der Waals surface area contributed by atoms with Crippen LogP contribution in [0.2, 0.25) is 0 Å². The normalized spacial score (nSPS) is 29.9. The molecule has 7 atom stereocenters. The second-order valence-electron chi connectivity index (χ2n) is 11.4. The number of nitrogens with zero attached hydrogens (tertiary/aromatic N) is 3. The van der Waals surface area contributed by atoms with Crippen LogP contribution in [0.4, 0.5) is 5.69 Å². The van der Waals surface area contributed by atoms with Gasteiger partial charge in [0.25, 0.3) is 5.91 Å². The van der Waals surface area contributed by atoms with E-state index in [9.17, 15) is 19.5 Å². The summed E-state index contributed by atoms with van der Waals surface area (Å²) < 4.78 is -0.790. The van der Waals surface area contributed by atoms with Gasteiger partial charge in [-0.1, -0.05) is 54.1 Å². The number of rotatable bonds is 10. The highest BCUT2D eigenvalue weighted by Gasteiger charge is 2.76. The Hall–Kier alpha value is -2.10. The van der Waals surface area contributed by atoms with E-state index in [1.54, 1.807) is 45.7 Å². The third-order valence-corrected chi connectivity index (χ3v) is 11.8. The van der Waals surface area contributed by atoms with Crippen molar-refractivity contribution in [2.75, 3.05) is 31.6 Å². The maximum Gasteiger partial charge on any atom is 0.251 e. The minimum Gasteiger partial charge on any atom is -0.394 e. The standard InChI is InChI=1S/C30H40BrN3O4S/c1-8-12-32(7)27(36)23-24-28(37)34(22(16-35)17(3)4)26(30(24)15-20(31)25(23)39-30)29(38)33(13-9-2)21-14-18(5)10-11-19(21)6/h8-11,14,17,20,22-26,35H,1-2,12-13,15-16H2,3-7H3/t20?,22-,23+,24-,25+,26?,30?/m0/s1. The molecule has 0 aliphatic carbocycles. The van der Waals surface area contributed by atoms with Gasteiger partial charge in [0, 0.05) is 35.9 Å². The molecule has 3 aliphatic heterocycles. The summed E-state index contributed by atoms with van der Waals surface area (Å²) in [6, 6.07) is 4.61. The molecule has 1 N–H and O–H groups in total. The van der Waals surface area contributed by atoms with Gasteiger partial charge in [-0.15, -0.1) is 24.9 Å². The molecule has 3 amide bonds. The van der Waals surface area contributed by atoms with E-state index in [4.69, 9.17) is 0 Å². The number of anilines is 1. The van der Waals surface area contributed by atoms with Crippen LogP contribution < -0.4 is 4.90 Å². The van der Waals surface area contributed by atoms with Crippen LogP contribution in [0.3, 0.4) is 0 Å². The zero-order valence-corrected chi connectivity index (χ0v) is 25.9. The summed E-state index contributed by atoms with van der Waals surface area (Å²) >= 11 is 5.44. The lowest BCUT2D eigenvalue weighted by Crippen LogP contribution is -2.59. The van der Waals surface area contributed by atoms with Crippen molar-refractivity contribution in [3.05, 3.63) is 54.6 Å². The monoisotopic (exact) mass is 617 g/mol. The fraction of sp³-hybridized carbons (Fsp3) is 0.567. The number of aryl methyl sites for hydroxylation is 2. The van der Waals surface area contributed by atoms with E-state index in [0.717, 1.165) is 16.8 Å². The molecule has 4 rings (SSSR count). The topological polar surface area (TPSA) is 81.2 Å². The van der Waals surface area contributed by atoms with Crippen molar-refractivity contribution in [1.82, 2.24) is 9.80 Å². The number of thioether (sulfide) groups is 1. The Labute approximate surface area is 244 Å². The zero-order chi connectivity index (χ0) is 28.8. The van der Waals surface area contributed by atoms with E-state index in [0.29, 0.717) is 13.0 Å². The van der Waals surface area contributed by atoms with E-state index in [1.165, 1.54) is 0 Å². The molecule has 3 saturated heterocycles. The SMILES string of the molecule is C=CCN(C)C(=O)[C@H]1[C@@H]2SC3(CC2Br)C(C(=O)N(CC=C)c2cc(C)ccc2C)N([C@@H](CO)C(C)C)C(=O)[C@H]13. The van der Waals surface area contributed by atoms with Crippen molar-refractivity contribution in [3.8, 4) is 0 Å². The minimum absolute atomic E-state index is 0.0203. The van der Waals surface area contributed by atoms with Crippen molar-refractivity contribution in [2.45, 2.75) is 61.0 Å². The Bertz CT molecular complexity index is 1170. The zero-order valence-electron chi connectivity index (χ0n) is 23.5. The van der Waals surface area contributed by atoms with E-state index < -0.39 is 28.7 Å². The number of halogens is 1. The first-order valence-corrected chi connectivity index (χ1v) is 15.3. The van der Waals surface area contributed by atoms with Crippen LogP contribution in [0.1, 0.15) is 31.4 Å². The highest BCUT2D eigenvalue weighted by molar-refractivity contribution is 9.09. The van der Waals surface area contributed by atoms with Crippen molar-refractivity contribution < 1.29 is 19.5 Å². The average Bonchev–Trinajstić information content (AvgIpc) is 3.47. The second-order valence-corrected chi connectivity index (χ2v) is 14.2. The molecule has 1 spiro atoms. The fourth-order valence-electron chi connectivity index (χ4n) is 6.74. The number of fused-ring (bicyclic) bond motifs is 1. The van der Waals surface area contributed by atoms with Gasteiger partial charge >= 0.3 is 0 Å². The number of aliphatic hydroxyl groups is 1. The highest BCUT2D eigenvalue weighted by atomic mass is 79.9. The summed E-state index contributed by atoms with van der Waals surface area (Å²) in [5, 5.41) is 10.4. The van der Waals surface area contributed by atoms with Gasteiger partial charge in [-0.05, 0) is 43.4 Å². The second kappa shape index (κ2) is 11.4. The Morgan fingerprint density at radius 1 is 1.23 bits per heavy atom. The van der Waals surface area contributed by atoms with Crippen LogP contribution in [0.25, 0.3) is 0 Å². The molecule has 0 aromatic heterocycles. The van der Waals surface area contributed by atoms with Gasteiger partial charge in [0.15, 0.2) is 0 Å². The summed E-state index contributed by atoms with van der Waals surface area (Å²) in [4.78, 5) is 48.0. The molecule has 39 heavy (non-hydrogen) atoms. The predicted octanol–water partition coefficient (Wildman–Crippen LogP) is 3.95. The van der Waals surface area contributed by atoms with Gasteiger partial charge in [-0.3, -0.25) is 14.4 Å². The van der Waals surface area contributed by atoms with Gasteiger partial charge in [0.05, 0.1) is 29.2 Å². The predicted molar refractivity (Wildman–Crippen MR) is 161 cm³/mol. The summed E-state index contributed by atoms with van der Waals surface area (Å²) in [6.07, 6.45) is 3.96. The molecule has 7 nitrogen and oxygen atoms in total. The molecule has 0 radical (unpaired) electrons. The van der Waals surface area contributed by atoms with Gasteiger partial charge in [-0.25, -0.2) is 0 Å². The smallest absolute Gasteiger partial charge is 0.251 e. The quantitative estimate of drug-likeness (QED) is 0.318. The van der Waals surface area contributed by atoms with E-state index in [1.807, 2.05) is 45.9 Å². The Morgan fingerprint density at radius 3 is 2.49 bits per heavy atom. The Kier molecular flexibility index (Phi) is 8.74. The molecule has 0 saturated carbocycles. The van der Waals surface area contributed by atoms with Crippen LogP contribution in [-0.2, 0) is 14.4 Å². The third kappa shape index (κ3) is 4.78. The number of alkyl halides is 1. The number of benzene rings is 1. The largest absolute Gasteiger partial charge is 0.394 e. The lowest BCUT2D eigenvalue weighted by Gasteiger charge is -2.41. The number of hydrogen-bond donors (Lipinski definition) is 1. The first kappa shape index (κ1) is 29.9. The fourth-order valence-corrected chi connectivity index (χ4v) is 10.3. The van der Waals surface area contributed by atoms with Gasteiger partial charge in [0.1, 0.15) is 6.04 Å². The van der Waals surface area contributed by atoms with E-state index in [-0.39, 0.29) is 46.9 Å². The van der Waals surface area contributed by atoms with Crippen molar-refractivity contribution in [2.24, 2.45) is 17.8 Å². The summed E-state index contributed by atoms with van der Waals surface area (Å²) in [7, 11) is 1.73. The average molecular weight is 619 g/mol. The molecule has 3 aliphatic rings. The highest BCUT2D eigenvalue weighted by Crippen LogP contribution is 2.68. The lowest BCUT2D eigenvalue weighted by atomic mass is 9.70. The van der Waals surface area contributed by atoms with Crippen LogP contribution in [-0.4, -0.2) is 86.3 Å². The Balaban J connectivity index is 1.88. The molecule has 9 heteroatoms. The number of amides is 3. The van der Waals surface area contributed by atoms with Crippen molar-refractivity contribution in [1.29, 1.82) is 0 Å². The molecule has 2 bridgehead atoms. The molecule has 212 valence electrons. The molecule has 1 aromatic rings. The van der Waals surface area contributed by atoms with Gasteiger partial charge < -0.3 is 19.8 Å². The maximum atomic E-state index is 14.8. The summed E-state index contributed by atoms with van der Waals surface area (Å²) in [5.74, 6) is -1.80. The van der Waals surface area contributed by atoms with Crippen LogP contribution in [0, 0.1) is 31.6 Å². The summed E-state index contributed by atoms with van der Waals surface area (Å²) in [5.41, 5.74) is 2.75. The number of likely N-dealkylation sites (N-methyl/N-ethyl adjacent to an activating group) is 1. The number of hydrogen-bond acceptors (Lipinski definition) is 5. The molecule has 1 aromatic carbocycles. The van der Waals surface area contributed by atoms with Crippen LogP contribution >= 0.6 is 27.7 Å². The Morgan fingerprint density at radius 2 is 1.90 bits per heavy atom. The number of carbonyl (C=O) groups is 3. The van der Waals surface area contributed by atoms with E-state index >= 15 is 0 Å². The molecule has 3 unspecified atom stereocenters. The molecular formula is C30H40BrN3O4S. The van der Waals surface area contributed by atoms with E-state index in [2.05, 4.69) is 29.1 Å². The lowest BCUT2D eigenvalue weighted by molar-refractivity contribution is -0.145. The van der Waals surface area contributed by atoms with Crippen LogP contribution in [0.15, 0.2) is 43.5 Å². The number of aliphatic hydroxyl groups excluding tert-OH is 1. The van der Waals surface area contributed by atoms with Gasteiger partial charge in [-0.2, -0.15) is 0 Å². The number of likely N-dealkylation sites (tertiary alicyclic amines) is 1. The number of carbonyl (C=O) groups excluding carboxylic acids is 3. The summed E-state index contributed by atoms with van der Waals surface area (Å²) in [6.45, 7) is 15.9. The molecule has 3 heterocycles. The van der Waals surface area contributed by atoms with Crippen molar-refractivity contribution >= 4 is 51.1 Å². The van der Waals surface area contributed by atoms with Gasteiger partial charge in [0.2, 0.25) is 11.8 Å². The molecular weight excluding hydrogens is 578 g/mol. The van der Waals surface area contributed by atoms with Crippen molar-refractivity contribution in [3.63, 3.8) is 0 Å². The third-order valence-electron chi connectivity index (χ3n) is 8.57. The van der Waals surface area contributed by atoms with Crippen LogP contribution in [0.5, 0.6) is 0 Å². The minimum atomic E-state index is -0.827. The first-order valence-electron chi connectivity index (χ1n) is 13.5. The first-order chi connectivity index (χ1) is 18.4. The molecule has 3 fully saturated rings.